The lowest BCUT2D eigenvalue weighted by molar-refractivity contribution is 0.100. The van der Waals surface area contributed by atoms with Gasteiger partial charge < -0.3 is 20.2 Å². The first kappa shape index (κ1) is 16.3. The minimum Gasteiger partial charge on any atom is -0.366 e. The van der Waals surface area contributed by atoms with Crippen LogP contribution in [0.4, 0.5) is 0 Å². The zero-order chi connectivity index (χ0) is 17.1. The summed E-state index contributed by atoms with van der Waals surface area (Å²) in [5.41, 5.74) is 8.33. The Kier molecular flexibility index (Phi) is 4.66. The molecule has 0 saturated heterocycles. The van der Waals surface area contributed by atoms with Crippen LogP contribution in [-0.2, 0) is 6.54 Å². The second kappa shape index (κ2) is 6.88. The summed E-state index contributed by atoms with van der Waals surface area (Å²) in [6.07, 6.45) is 2.06. The Hall–Kier alpha value is -2.60. The molecule has 0 spiro atoms. The maximum atomic E-state index is 11.6. The maximum Gasteiger partial charge on any atom is 0.250 e. The van der Waals surface area contributed by atoms with E-state index in [1.165, 1.54) is 0 Å². The number of aromatic amines is 1. The normalized spacial score (nSPS) is 11.5. The molecule has 0 saturated carbocycles. The molecule has 24 heavy (non-hydrogen) atoms. The fourth-order valence-electron chi connectivity index (χ4n) is 2.97. The molecule has 6 nitrogen and oxygen atoms in total. The van der Waals surface area contributed by atoms with Gasteiger partial charge in [0.25, 0.3) is 5.91 Å². The van der Waals surface area contributed by atoms with Crippen LogP contribution in [0.3, 0.4) is 0 Å². The molecule has 3 rings (SSSR count). The average molecular weight is 325 g/mol. The molecule has 1 amide bonds. The van der Waals surface area contributed by atoms with Crippen molar-refractivity contribution in [2.24, 2.45) is 5.73 Å². The number of para-hydroxylation sites is 1. The third-order valence-corrected chi connectivity index (χ3v) is 4.40. The van der Waals surface area contributed by atoms with Gasteiger partial charge in [0.05, 0.1) is 16.8 Å². The Morgan fingerprint density at radius 2 is 2.04 bits per heavy atom. The summed E-state index contributed by atoms with van der Waals surface area (Å²) in [7, 11) is 0. The Bertz CT molecular complexity index is 844. The fraction of sp³-hybridized carbons (Fsp3) is 0.333. The van der Waals surface area contributed by atoms with Crippen LogP contribution in [0.25, 0.3) is 22.6 Å². The Labute approximate surface area is 141 Å². The molecule has 2 aromatic heterocycles. The van der Waals surface area contributed by atoms with Gasteiger partial charge in [-0.3, -0.25) is 4.79 Å². The monoisotopic (exact) mass is 325 g/mol. The molecule has 0 aliphatic heterocycles. The Morgan fingerprint density at radius 1 is 1.25 bits per heavy atom. The molecule has 0 radical (unpaired) electrons. The third kappa shape index (κ3) is 3.05. The zero-order valence-corrected chi connectivity index (χ0v) is 14.1. The molecule has 0 bridgehead atoms. The van der Waals surface area contributed by atoms with Crippen molar-refractivity contribution in [1.29, 1.82) is 0 Å². The van der Waals surface area contributed by atoms with E-state index in [0.717, 1.165) is 43.2 Å². The lowest BCUT2D eigenvalue weighted by Crippen LogP contribution is -2.27. The number of nitrogens with one attached hydrogen (secondary N) is 1. The van der Waals surface area contributed by atoms with Gasteiger partial charge in [-0.2, -0.15) is 0 Å². The van der Waals surface area contributed by atoms with Crippen LogP contribution in [0.15, 0.2) is 36.5 Å². The molecule has 126 valence electrons. The summed E-state index contributed by atoms with van der Waals surface area (Å²) in [5.74, 6) is 0.291. The van der Waals surface area contributed by atoms with Crippen LogP contribution in [0.1, 0.15) is 24.2 Å². The number of rotatable bonds is 7. The number of fused-ring (bicyclic) bond motifs is 1. The maximum absolute atomic E-state index is 11.6. The predicted octanol–water partition coefficient (Wildman–Crippen LogP) is 2.47. The number of carbonyl (C=O) groups excluding carboxylic acids is 1. The molecule has 0 fully saturated rings. The summed E-state index contributed by atoms with van der Waals surface area (Å²) in [4.78, 5) is 21.9. The third-order valence-electron chi connectivity index (χ3n) is 4.40. The topological polar surface area (TPSA) is 79.9 Å². The minimum absolute atomic E-state index is 0.441. The van der Waals surface area contributed by atoms with E-state index in [1.807, 2.05) is 24.3 Å². The van der Waals surface area contributed by atoms with Crippen molar-refractivity contribution in [3.63, 3.8) is 0 Å². The lowest BCUT2D eigenvalue weighted by Gasteiger charge is -2.18. The van der Waals surface area contributed by atoms with Crippen molar-refractivity contribution in [3.8, 4) is 11.5 Å². The van der Waals surface area contributed by atoms with Gasteiger partial charge in [-0.05, 0) is 37.4 Å². The SMILES string of the molecule is CCN(CC)CCn1cccc1-c1nc2c(C(N)=O)cccc2[nH]1. The number of hydrogen-bond donors (Lipinski definition) is 2. The van der Waals surface area contributed by atoms with Gasteiger partial charge >= 0.3 is 0 Å². The molecule has 3 aromatic rings. The van der Waals surface area contributed by atoms with Crippen molar-refractivity contribution in [2.75, 3.05) is 19.6 Å². The van der Waals surface area contributed by atoms with Crippen LogP contribution < -0.4 is 5.73 Å². The van der Waals surface area contributed by atoms with E-state index in [4.69, 9.17) is 5.73 Å². The Morgan fingerprint density at radius 3 is 2.75 bits per heavy atom. The average Bonchev–Trinajstić information content (AvgIpc) is 3.21. The number of likely N-dealkylation sites (N-methyl/N-ethyl adjacent to an activating group) is 1. The van der Waals surface area contributed by atoms with Gasteiger partial charge in [0.2, 0.25) is 0 Å². The zero-order valence-electron chi connectivity index (χ0n) is 14.1. The summed E-state index contributed by atoms with van der Waals surface area (Å²) >= 11 is 0. The molecular formula is C18H23N5O. The standard InChI is InChI=1S/C18H23N5O/c1-3-22(4-2)11-12-23-10-6-9-15(23)18-20-14-8-5-7-13(17(19)24)16(14)21-18/h5-10H,3-4,11-12H2,1-2H3,(H2,19,24)(H,20,21). The number of nitrogens with zero attached hydrogens (tertiary/aromatic N) is 3. The number of primary amides is 1. The number of aromatic nitrogens is 3. The van der Waals surface area contributed by atoms with Gasteiger partial charge in [-0.1, -0.05) is 19.9 Å². The van der Waals surface area contributed by atoms with E-state index < -0.39 is 5.91 Å². The first-order chi connectivity index (χ1) is 11.6. The van der Waals surface area contributed by atoms with Gasteiger partial charge in [-0.15, -0.1) is 0 Å². The van der Waals surface area contributed by atoms with Crippen molar-refractivity contribution >= 4 is 16.9 Å². The first-order valence-electron chi connectivity index (χ1n) is 8.30. The number of amides is 1. The molecule has 6 heteroatoms. The fourth-order valence-corrected chi connectivity index (χ4v) is 2.97. The van der Waals surface area contributed by atoms with E-state index in [0.29, 0.717) is 11.1 Å². The number of nitrogens with two attached hydrogens (primary N) is 1. The van der Waals surface area contributed by atoms with Crippen LogP contribution >= 0.6 is 0 Å². The number of imidazole rings is 1. The van der Waals surface area contributed by atoms with Crippen molar-refractivity contribution in [2.45, 2.75) is 20.4 Å². The van der Waals surface area contributed by atoms with Gasteiger partial charge in [0, 0.05) is 19.3 Å². The molecule has 0 aliphatic rings. The summed E-state index contributed by atoms with van der Waals surface area (Å²) in [5, 5.41) is 0. The molecule has 0 unspecified atom stereocenters. The summed E-state index contributed by atoms with van der Waals surface area (Å²) < 4.78 is 2.18. The van der Waals surface area contributed by atoms with Crippen LogP contribution in [0.5, 0.6) is 0 Å². The van der Waals surface area contributed by atoms with Crippen LogP contribution in [-0.4, -0.2) is 45.0 Å². The second-order valence-electron chi connectivity index (χ2n) is 5.77. The van der Waals surface area contributed by atoms with Gasteiger partial charge in [0.15, 0.2) is 5.82 Å². The van der Waals surface area contributed by atoms with E-state index in [9.17, 15) is 4.79 Å². The highest BCUT2D eigenvalue weighted by Crippen LogP contribution is 2.23. The summed E-state index contributed by atoms with van der Waals surface area (Å²) in [6.45, 7) is 8.31. The lowest BCUT2D eigenvalue weighted by atomic mass is 10.2. The second-order valence-corrected chi connectivity index (χ2v) is 5.77. The van der Waals surface area contributed by atoms with E-state index in [1.54, 1.807) is 6.07 Å². The molecule has 0 aliphatic carbocycles. The number of H-pyrrole nitrogens is 1. The van der Waals surface area contributed by atoms with E-state index in [-0.39, 0.29) is 0 Å². The largest absolute Gasteiger partial charge is 0.366 e. The highest BCUT2D eigenvalue weighted by Gasteiger charge is 2.14. The van der Waals surface area contributed by atoms with Crippen molar-refractivity contribution < 1.29 is 4.79 Å². The van der Waals surface area contributed by atoms with Gasteiger partial charge in [0.1, 0.15) is 5.52 Å². The molecule has 0 atom stereocenters. The molecule has 1 aromatic carbocycles. The summed E-state index contributed by atoms with van der Waals surface area (Å²) in [6, 6.07) is 9.46. The van der Waals surface area contributed by atoms with Crippen molar-refractivity contribution in [3.05, 3.63) is 42.1 Å². The van der Waals surface area contributed by atoms with Crippen LogP contribution in [0.2, 0.25) is 0 Å². The predicted molar refractivity (Wildman–Crippen MR) is 95.8 cm³/mol. The molecule has 2 heterocycles. The van der Waals surface area contributed by atoms with Crippen molar-refractivity contribution in [1.82, 2.24) is 19.4 Å². The van der Waals surface area contributed by atoms with E-state index in [2.05, 4.69) is 39.5 Å². The van der Waals surface area contributed by atoms with Gasteiger partial charge in [-0.25, -0.2) is 4.98 Å². The first-order valence-corrected chi connectivity index (χ1v) is 8.30. The number of benzene rings is 1. The minimum atomic E-state index is -0.462. The molecule has 3 N–H and O–H groups in total. The smallest absolute Gasteiger partial charge is 0.250 e. The highest BCUT2D eigenvalue weighted by molar-refractivity contribution is 6.04. The van der Waals surface area contributed by atoms with E-state index >= 15 is 0 Å². The van der Waals surface area contributed by atoms with Crippen LogP contribution in [0, 0.1) is 0 Å². The molecular weight excluding hydrogens is 302 g/mol. The number of hydrogen-bond acceptors (Lipinski definition) is 3. The number of carbonyl (C=O) groups is 1. The quantitative estimate of drug-likeness (QED) is 0.700. The Balaban J connectivity index is 1.93. The highest BCUT2D eigenvalue weighted by atomic mass is 16.1.